The van der Waals surface area contributed by atoms with Crippen molar-refractivity contribution in [3.63, 3.8) is 0 Å². The second-order valence-corrected chi connectivity index (χ2v) is 4.77. The molecule has 20 heavy (non-hydrogen) atoms. The Labute approximate surface area is 121 Å². The lowest BCUT2D eigenvalue weighted by atomic mass is 10.1. The average Bonchev–Trinajstić information content (AvgIpc) is 2.40. The van der Waals surface area contributed by atoms with Crippen LogP contribution in [0.25, 0.3) is 0 Å². The molecule has 104 valence electrons. The highest BCUT2D eigenvalue weighted by molar-refractivity contribution is 9.10. The lowest BCUT2D eigenvalue weighted by Crippen LogP contribution is -2.13. The van der Waals surface area contributed by atoms with Crippen molar-refractivity contribution in [1.82, 2.24) is 0 Å². The number of benzene rings is 2. The molecule has 0 radical (unpaired) electrons. The third-order valence-electron chi connectivity index (χ3n) is 2.49. The van der Waals surface area contributed by atoms with Crippen molar-refractivity contribution in [2.75, 3.05) is 6.61 Å². The molecule has 0 saturated carbocycles. The highest BCUT2D eigenvalue weighted by Gasteiger charge is 2.13. The van der Waals surface area contributed by atoms with Gasteiger partial charge in [-0.15, -0.1) is 0 Å². The fourth-order valence-corrected chi connectivity index (χ4v) is 1.87. The summed E-state index contributed by atoms with van der Waals surface area (Å²) in [4.78, 5) is 11.7. The van der Waals surface area contributed by atoms with Gasteiger partial charge < -0.3 is 4.74 Å². The van der Waals surface area contributed by atoms with E-state index in [-0.39, 0.29) is 15.8 Å². The van der Waals surface area contributed by atoms with Crippen molar-refractivity contribution in [3.05, 3.63) is 63.9 Å². The van der Waals surface area contributed by atoms with Crippen LogP contribution >= 0.6 is 15.9 Å². The van der Waals surface area contributed by atoms with Crippen molar-refractivity contribution >= 4 is 21.7 Å². The highest BCUT2D eigenvalue weighted by atomic mass is 79.9. The Bertz CT molecular complexity index is 659. The monoisotopic (exact) mass is 344 g/mol. The molecule has 0 spiro atoms. The van der Waals surface area contributed by atoms with E-state index in [1.165, 1.54) is 18.2 Å². The Balaban J connectivity index is 2.06. The van der Waals surface area contributed by atoms with Crippen LogP contribution in [-0.2, 0) is 0 Å². The summed E-state index contributed by atoms with van der Waals surface area (Å²) in [5.74, 6) is -2.55. The van der Waals surface area contributed by atoms with Crippen LogP contribution < -0.4 is 4.74 Å². The van der Waals surface area contributed by atoms with Crippen molar-refractivity contribution in [2.45, 2.75) is 0 Å². The Hall–Kier alpha value is -1.82. The minimum Gasteiger partial charge on any atom is -0.485 e. The van der Waals surface area contributed by atoms with Crippen molar-refractivity contribution in [3.8, 4) is 5.75 Å². The molecule has 0 heterocycles. The van der Waals surface area contributed by atoms with E-state index < -0.39 is 29.8 Å². The number of carbonyl (C=O) groups excluding carboxylic acids is 1. The largest absolute Gasteiger partial charge is 0.485 e. The SMILES string of the molecule is O=C(COc1ccc(F)c(Br)c1)c1ccc(F)cc1F. The number of ether oxygens (including phenoxy) is 1. The lowest BCUT2D eigenvalue weighted by Gasteiger charge is -2.07. The molecule has 0 atom stereocenters. The maximum absolute atomic E-state index is 13.4. The van der Waals surface area contributed by atoms with Gasteiger partial charge in [0.1, 0.15) is 23.2 Å². The smallest absolute Gasteiger partial charge is 0.203 e. The first-order chi connectivity index (χ1) is 9.47. The van der Waals surface area contributed by atoms with E-state index in [1.54, 1.807) is 0 Å². The molecular weight excluding hydrogens is 337 g/mol. The molecule has 0 amide bonds. The van der Waals surface area contributed by atoms with Crippen LogP contribution in [0.3, 0.4) is 0 Å². The fourth-order valence-electron chi connectivity index (χ4n) is 1.51. The Morgan fingerprint density at radius 2 is 1.80 bits per heavy atom. The van der Waals surface area contributed by atoms with E-state index in [4.69, 9.17) is 4.74 Å². The van der Waals surface area contributed by atoms with Crippen LogP contribution in [0.2, 0.25) is 0 Å². The number of halogens is 4. The molecule has 6 heteroatoms. The summed E-state index contributed by atoms with van der Waals surface area (Å²) in [6.45, 7) is -0.430. The summed E-state index contributed by atoms with van der Waals surface area (Å²) in [6, 6.07) is 6.53. The third-order valence-corrected chi connectivity index (χ3v) is 3.10. The summed E-state index contributed by atoms with van der Waals surface area (Å²) >= 11 is 2.98. The van der Waals surface area contributed by atoms with Crippen LogP contribution in [-0.4, -0.2) is 12.4 Å². The van der Waals surface area contributed by atoms with E-state index >= 15 is 0 Å². The van der Waals surface area contributed by atoms with Gasteiger partial charge in [-0.05, 0) is 46.3 Å². The van der Waals surface area contributed by atoms with Gasteiger partial charge in [0.05, 0.1) is 10.0 Å². The Morgan fingerprint density at radius 1 is 1.05 bits per heavy atom. The minimum absolute atomic E-state index is 0.190. The van der Waals surface area contributed by atoms with E-state index in [2.05, 4.69) is 15.9 Å². The lowest BCUT2D eigenvalue weighted by molar-refractivity contribution is 0.0917. The molecule has 2 aromatic carbocycles. The van der Waals surface area contributed by atoms with Crippen molar-refractivity contribution < 1.29 is 22.7 Å². The maximum Gasteiger partial charge on any atom is 0.203 e. The van der Waals surface area contributed by atoms with E-state index in [0.29, 0.717) is 6.07 Å². The molecule has 2 aromatic rings. The quantitative estimate of drug-likeness (QED) is 0.779. The minimum atomic E-state index is -0.945. The van der Waals surface area contributed by atoms with Crippen LogP contribution in [0.1, 0.15) is 10.4 Å². The van der Waals surface area contributed by atoms with Crippen molar-refractivity contribution in [1.29, 1.82) is 0 Å². The number of Topliss-reactive ketones (excluding diaryl/α,β-unsaturated/α-hetero) is 1. The number of ketones is 1. The molecule has 2 rings (SSSR count). The summed E-state index contributed by atoms with van der Waals surface area (Å²) < 4.78 is 44.4. The molecule has 0 aromatic heterocycles. The Morgan fingerprint density at radius 3 is 2.45 bits per heavy atom. The number of hydrogen-bond acceptors (Lipinski definition) is 2. The first kappa shape index (κ1) is 14.6. The molecule has 0 aliphatic rings. The predicted molar refractivity (Wildman–Crippen MR) is 70.3 cm³/mol. The zero-order valence-electron chi connectivity index (χ0n) is 10.00. The van der Waals surface area contributed by atoms with Gasteiger partial charge in [0.2, 0.25) is 5.78 Å². The summed E-state index contributed by atoms with van der Waals surface area (Å²) in [5, 5.41) is 0. The third kappa shape index (κ3) is 3.39. The number of carbonyl (C=O) groups is 1. The molecule has 0 unspecified atom stereocenters. The van der Waals surface area contributed by atoms with Gasteiger partial charge in [-0.25, -0.2) is 13.2 Å². The highest BCUT2D eigenvalue weighted by Crippen LogP contribution is 2.22. The van der Waals surface area contributed by atoms with Crippen LogP contribution in [0.5, 0.6) is 5.75 Å². The molecule has 0 N–H and O–H groups in total. The van der Waals surface area contributed by atoms with Gasteiger partial charge in [-0.3, -0.25) is 4.79 Å². The first-order valence-corrected chi connectivity index (χ1v) is 6.33. The van der Waals surface area contributed by atoms with E-state index in [9.17, 15) is 18.0 Å². The van der Waals surface area contributed by atoms with Gasteiger partial charge in [-0.1, -0.05) is 0 Å². The van der Waals surface area contributed by atoms with E-state index in [1.807, 2.05) is 0 Å². The van der Waals surface area contributed by atoms with Gasteiger partial charge in [-0.2, -0.15) is 0 Å². The second kappa shape index (κ2) is 6.09. The zero-order valence-corrected chi connectivity index (χ0v) is 11.6. The van der Waals surface area contributed by atoms with Gasteiger partial charge in [0.25, 0.3) is 0 Å². The van der Waals surface area contributed by atoms with Gasteiger partial charge in [0.15, 0.2) is 6.61 Å². The standard InChI is InChI=1S/C14H8BrF3O2/c15-11-6-9(2-4-12(11)17)20-7-14(19)10-3-1-8(16)5-13(10)18/h1-6H,7H2. The Kier molecular flexibility index (Phi) is 4.44. The fraction of sp³-hybridized carbons (Fsp3) is 0.0714. The predicted octanol–water partition coefficient (Wildman–Crippen LogP) is 4.13. The number of hydrogen-bond donors (Lipinski definition) is 0. The first-order valence-electron chi connectivity index (χ1n) is 5.53. The summed E-state index contributed by atoms with van der Waals surface area (Å²) in [6.07, 6.45) is 0. The summed E-state index contributed by atoms with van der Waals surface area (Å²) in [5.41, 5.74) is -0.257. The topological polar surface area (TPSA) is 26.3 Å². The number of rotatable bonds is 4. The zero-order chi connectivity index (χ0) is 14.7. The maximum atomic E-state index is 13.4. The normalized spacial score (nSPS) is 10.4. The van der Waals surface area contributed by atoms with E-state index in [0.717, 1.165) is 12.1 Å². The summed E-state index contributed by atoms with van der Waals surface area (Å²) in [7, 11) is 0. The average molecular weight is 345 g/mol. The van der Waals surface area contributed by atoms with Crippen LogP contribution in [0.15, 0.2) is 40.9 Å². The van der Waals surface area contributed by atoms with Crippen LogP contribution in [0, 0.1) is 17.5 Å². The van der Waals surface area contributed by atoms with Crippen molar-refractivity contribution in [2.24, 2.45) is 0 Å². The molecule has 0 aliphatic heterocycles. The molecule has 2 nitrogen and oxygen atoms in total. The van der Waals surface area contributed by atoms with Crippen LogP contribution in [0.4, 0.5) is 13.2 Å². The molecule has 0 saturated heterocycles. The molecule has 0 bridgehead atoms. The molecule has 0 aliphatic carbocycles. The molecule has 0 fully saturated rings. The second-order valence-electron chi connectivity index (χ2n) is 3.91. The van der Waals surface area contributed by atoms with Gasteiger partial charge >= 0.3 is 0 Å². The molecular formula is C14H8BrF3O2. The van der Waals surface area contributed by atoms with Gasteiger partial charge in [0, 0.05) is 6.07 Å².